The summed E-state index contributed by atoms with van der Waals surface area (Å²) < 4.78 is 37.5. The summed E-state index contributed by atoms with van der Waals surface area (Å²) >= 11 is 0. The highest BCUT2D eigenvalue weighted by molar-refractivity contribution is 5.98. The van der Waals surface area contributed by atoms with Crippen LogP contribution in [-0.4, -0.2) is 50.9 Å². The van der Waals surface area contributed by atoms with E-state index in [2.05, 4.69) is 10.3 Å². The number of ketones is 1. The Morgan fingerprint density at radius 3 is 2.45 bits per heavy atom. The molecule has 0 radical (unpaired) electrons. The van der Waals surface area contributed by atoms with Crippen LogP contribution in [0.25, 0.3) is 0 Å². The molecule has 2 rings (SSSR count). The molecule has 1 aromatic rings. The summed E-state index contributed by atoms with van der Waals surface area (Å²) in [6.07, 6.45) is -1.24. The highest BCUT2D eigenvalue weighted by Gasteiger charge is 2.41. The third-order valence-corrected chi connectivity index (χ3v) is 3.03. The lowest BCUT2D eigenvalue weighted by molar-refractivity contribution is -0.132. The van der Waals surface area contributed by atoms with Crippen molar-refractivity contribution in [2.24, 2.45) is 0 Å². The van der Waals surface area contributed by atoms with Gasteiger partial charge in [0.2, 0.25) is 5.91 Å². The molecule has 9 heteroatoms. The predicted octanol–water partition coefficient (Wildman–Crippen LogP) is 1.04. The number of amides is 1. The highest BCUT2D eigenvalue weighted by atomic mass is 19.4. The Morgan fingerprint density at radius 2 is 1.85 bits per heavy atom. The lowest BCUT2D eigenvalue weighted by atomic mass is 10.1. The van der Waals surface area contributed by atoms with Crippen LogP contribution in [0.4, 0.5) is 13.2 Å². The molecule has 1 aliphatic rings. The monoisotopic (exact) mass is 290 g/mol. The minimum absolute atomic E-state index is 0.210. The maximum absolute atomic E-state index is 12.2. The second-order valence-electron chi connectivity index (χ2n) is 4.57. The van der Waals surface area contributed by atoms with Crippen LogP contribution in [0.5, 0.6) is 0 Å². The minimum Gasteiger partial charge on any atom is -0.341 e. The molecular weight excluding hydrogens is 277 g/mol. The molecule has 2 heterocycles. The van der Waals surface area contributed by atoms with Crippen LogP contribution in [0.1, 0.15) is 29.8 Å². The number of aromatic nitrogens is 3. The highest BCUT2D eigenvalue weighted by Crippen LogP contribution is 2.19. The molecule has 6 nitrogen and oxygen atoms in total. The van der Waals surface area contributed by atoms with Crippen molar-refractivity contribution in [2.45, 2.75) is 32.0 Å². The van der Waals surface area contributed by atoms with Crippen LogP contribution >= 0.6 is 0 Å². The lowest BCUT2D eigenvalue weighted by Gasteiger charge is -2.26. The Labute approximate surface area is 112 Å². The molecule has 20 heavy (non-hydrogen) atoms. The first-order chi connectivity index (χ1) is 9.38. The van der Waals surface area contributed by atoms with Crippen LogP contribution in [0.15, 0.2) is 6.20 Å². The SMILES string of the molecule is O=C(Cn1cc(C(=O)C(F)(F)F)nn1)N1CCCCC1. The van der Waals surface area contributed by atoms with Crippen molar-refractivity contribution >= 4 is 11.7 Å². The van der Waals surface area contributed by atoms with Crippen molar-refractivity contribution in [3.05, 3.63) is 11.9 Å². The maximum atomic E-state index is 12.2. The summed E-state index contributed by atoms with van der Waals surface area (Å²) in [7, 11) is 0. The van der Waals surface area contributed by atoms with Gasteiger partial charge in [-0.15, -0.1) is 5.10 Å². The molecule has 0 unspecified atom stereocenters. The normalized spacial score (nSPS) is 16.2. The third kappa shape index (κ3) is 3.34. The number of Topliss-reactive ketones (excluding diaryl/α,β-unsaturated/α-hetero) is 1. The van der Waals surface area contributed by atoms with Gasteiger partial charge in [0.15, 0.2) is 5.69 Å². The molecule has 1 aliphatic heterocycles. The molecule has 0 aromatic carbocycles. The van der Waals surface area contributed by atoms with Gasteiger partial charge in [0.05, 0.1) is 6.20 Å². The van der Waals surface area contributed by atoms with Gasteiger partial charge in [0, 0.05) is 13.1 Å². The predicted molar refractivity (Wildman–Crippen MR) is 60.8 cm³/mol. The van der Waals surface area contributed by atoms with E-state index in [-0.39, 0.29) is 12.5 Å². The zero-order valence-corrected chi connectivity index (χ0v) is 10.6. The molecule has 1 aromatic heterocycles. The topological polar surface area (TPSA) is 68.1 Å². The number of hydrogen-bond donors (Lipinski definition) is 0. The van der Waals surface area contributed by atoms with Gasteiger partial charge in [-0.05, 0) is 19.3 Å². The summed E-state index contributed by atoms with van der Waals surface area (Å²) in [5.41, 5.74) is -0.802. The molecular formula is C11H13F3N4O2. The van der Waals surface area contributed by atoms with Gasteiger partial charge in [-0.25, -0.2) is 4.68 Å². The van der Waals surface area contributed by atoms with E-state index in [0.717, 1.165) is 30.1 Å². The van der Waals surface area contributed by atoms with Crippen LogP contribution in [0.2, 0.25) is 0 Å². The number of hydrogen-bond acceptors (Lipinski definition) is 4. The molecule has 0 spiro atoms. The molecule has 1 saturated heterocycles. The van der Waals surface area contributed by atoms with E-state index in [1.807, 2.05) is 0 Å². The quantitative estimate of drug-likeness (QED) is 0.780. The van der Waals surface area contributed by atoms with Crippen molar-refractivity contribution in [1.29, 1.82) is 0 Å². The molecule has 1 fully saturated rings. The molecule has 0 aliphatic carbocycles. The molecule has 0 N–H and O–H groups in total. The smallest absolute Gasteiger partial charge is 0.341 e. The second-order valence-corrected chi connectivity index (χ2v) is 4.57. The average molecular weight is 290 g/mol. The minimum atomic E-state index is -4.99. The molecule has 0 bridgehead atoms. The number of nitrogens with zero attached hydrogens (tertiary/aromatic N) is 4. The van der Waals surface area contributed by atoms with Gasteiger partial charge < -0.3 is 4.90 Å². The summed E-state index contributed by atoms with van der Waals surface area (Å²) in [4.78, 5) is 24.4. The first kappa shape index (κ1) is 14.5. The fourth-order valence-electron chi connectivity index (χ4n) is 2.01. The van der Waals surface area contributed by atoms with Crippen molar-refractivity contribution in [2.75, 3.05) is 13.1 Å². The summed E-state index contributed by atoms with van der Waals surface area (Å²) in [5.74, 6) is -2.30. The van der Waals surface area contributed by atoms with Crippen molar-refractivity contribution in [3.8, 4) is 0 Å². The Hall–Kier alpha value is -1.93. The van der Waals surface area contributed by atoms with E-state index in [1.165, 1.54) is 0 Å². The van der Waals surface area contributed by atoms with E-state index < -0.39 is 17.7 Å². The molecule has 1 amide bonds. The second kappa shape index (κ2) is 5.59. The number of alkyl halides is 3. The van der Waals surface area contributed by atoms with E-state index in [9.17, 15) is 22.8 Å². The number of likely N-dealkylation sites (tertiary alicyclic amines) is 1. The zero-order chi connectivity index (χ0) is 14.8. The Balaban J connectivity index is 1.99. The van der Waals surface area contributed by atoms with Crippen molar-refractivity contribution in [1.82, 2.24) is 19.9 Å². The van der Waals surface area contributed by atoms with Gasteiger partial charge in [0.1, 0.15) is 6.54 Å². The van der Waals surface area contributed by atoms with Gasteiger partial charge in [-0.2, -0.15) is 13.2 Å². The molecule has 0 atom stereocenters. The zero-order valence-electron chi connectivity index (χ0n) is 10.6. The molecule has 110 valence electrons. The van der Waals surface area contributed by atoms with Gasteiger partial charge in [0.25, 0.3) is 5.78 Å². The number of halogens is 3. The van der Waals surface area contributed by atoms with E-state index in [1.54, 1.807) is 4.90 Å². The maximum Gasteiger partial charge on any atom is 0.456 e. The standard InChI is InChI=1S/C11H13F3N4O2/c12-11(13,14)10(20)8-6-18(16-15-8)7-9(19)17-4-2-1-3-5-17/h6H,1-5,7H2. The Morgan fingerprint density at radius 1 is 1.20 bits per heavy atom. The summed E-state index contributed by atoms with van der Waals surface area (Å²) in [6, 6.07) is 0. The average Bonchev–Trinajstić information content (AvgIpc) is 2.86. The molecule has 0 saturated carbocycles. The fraction of sp³-hybridized carbons (Fsp3) is 0.636. The Bertz CT molecular complexity index is 506. The van der Waals surface area contributed by atoms with Crippen molar-refractivity contribution < 1.29 is 22.8 Å². The van der Waals surface area contributed by atoms with Crippen LogP contribution in [0, 0.1) is 0 Å². The largest absolute Gasteiger partial charge is 0.456 e. The van der Waals surface area contributed by atoms with E-state index in [4.69, 9.17) is 0 Å². The third-order valence-electron chi connectivity index (χ3n) is 3.03. The number of carbonyl (C=O) groups excluding carboxylic acids is 2. The van der Waals surface area contributed by atoms with Gasteiger partial charge in [-0.1, -0.05) is 5.21 Å². The first-order valence-corrected chi connectivity index (χ1v) is 6.17. The number of rotatable bonds is 3. The van der Waals surface area contributed by atoms with Gasteiger partial charge in [-0.3, -0.25) is 9.59 Å². The Kier molecular flexibility index (Phi) is 4.05. The fourth-order valence-corrected chi connectivity index (χ4v) is 2.01. The number of carbonyl (C=O) groups is 2. The van der Waals surface area contributed by atoms with Crippen molar-refractivity contribution in [3.63, 3.8) is 0 Å². The first-order valence-electron chi connectivity index (χ1n) is 6.17. The van der Waals surface area contributed by atoms with Crippen LogP contribution < -0.4 is 0 Å². The number of piperidine rings is 1. The van der Waals surface area contributed by atoms with Crippen LogP contribution in [0.3, 0.4) is 0 Å². The summed E-state index contributed by atoms with van der Waals surface area (Å²) in [5, 5.41) is 6.54. The van der Waals surface area contributed by atoms with Crippen LogP contribution in [-0.2, 0) is 11.3 Å². The van der Waals surface area contributed by atoms with E-state index >= 15 is 0 Å². The van der Waals surface area contributed by atoms with Gasteiger partial charge >= 0.3 is 6.18 Å². The summed E-state index contributed by atoms with van der Waals surface area (Å²) in [6.45, 7) is 1.07. The van der Waals surface area contributed by atoms with E-state index in [0.29, 0.717) is 13.1 Å². The lowest BCUT2D eigenvalue weighted by Crippen LogP contribution is -2.37.